The number of likely N-dealkylation sites (N-methyl/N-ethyl adjacent to an activating group) is 1. The van der Waals surface area contributed by atoms with Gasteiger partial charge in [0.15, 0.2) is 0 Å². The molecule has 0 aliphatic carbocycles. The van der Waals surface area contributed by atoms with Crippen LogP contribution in [0.5, 0.6) is 0 Å². The molecule has 1 aliphatic heterocycles. The quantitative estimate of drug-likeness (QED) is 0.662. The van der Waals surface area contributed by atoms with Crippen molar-refractivity contribution in [3.63, 3.8) is 0 Å². The maximum absolute atomic E-state index is 10.1. The fraction of sp³-hybridized carbons (Fsp3) is 0.750. The molecule has 3 unspecified atom stereocenters. The smallest absolute Gasteiger partial charge is 0.0985 e. The minimum absolute atomic E-state index is 0.0315. The average molecular weight is 267 g/mol. The van der Waals surface area contributed by atoms with Gasteiger partial charge >= 0.3 is 0 Å². The molecule has 19 heavy (non-hydrogen) atoms. The normalized spacial score (nSPS) is 32.7. The van der Waals surface area contributed by atoms with Crippen molar-refractivity contribution >= 4 is 0 Å². The highest BCUT2D eigenvalue weighted by atomic mass is 16.3. The first kappa shape index (κ1) is 16.4. The van der Waals surface area contributed by atoms with Gasteiger partial charge in [-0.3, -0.25) is 0 Å². The fourth-order valence-corrected chi connectivity index (χ4v) is 2.59. The van der Waals surface area contributed by atoms with Gasteiger partial charge in [0.2, 0.25) is 0 Å². The van der Waals surface area contributed by atoms with Crippen LogP contribution in [0.3, 0.4) is 0 Å². The number of rotatable bonds is 0. The maximum Gasteiger partial charge on any atom is 0.0985 e. The van der Waals surface area contributed by atoms with E-state index in [1.54, 1.807) is 6.08 Å². The summed E-state index contributed by atoms with van der Waals surface area (Å²) in [6.45, 7) is 6.10. The largest absolute Gasteiger partial charge is 0.389 e. The van der Waals surface area contributed by atoms with E-state index < -0.39 is 12.2 Å². The van der Waals surface area contributed by atoms with E-state index >= 15 is 0 Å². The van der Waals surface area contributed by atoms with E-state index in [0.29, 0.717) is 0 Å². The summed E-state index contributed by atoms with van der Waals surface area (Å²) in [5.74, 6) is -0.0315. The molecule has 1 heterocycles. The molecule has 1 aliphatic rings. The predicted octanol–water partition coefficient (Wildman–Crippen LogP) is 2.35. The van der Waals surface area contributed by atoms with Crippen molar-refractivity contribution in [3.05, 3.63) is 23.8 Å². The van der Waals surface area contributed by atoms with Crippen LogP contribution >= 0.6 is 0 Å². The van der Waals surface area contributed by atoms with Crippen LogP contribution in [0.2, 0.25) is 0 Å². The first-order valence-corrected chi connectivity index (χ1v) is 7.39. The van der Waals surface area contributed by atoms with Crippen molar-refractivity contribution in [2.45, 2.75) is 51.7 Å². The molecule has 0 amide bonds. The van der Waals surface area contributed by atoms with Crippen molar-refractivity contribution in [2.24, 2.45) is 5.92 Å². The molecule has 1 rings (SSSR count). The Labute approximate surface area is 117 Å². The van der Waals surface area contributed by atoms with Gasteiger partial charge in [-0.1, -0.05) is 37.1 Å². The Bertz CT molecular complexity index is 312. The molecule has 0 aromatic rings. The maximum atomic E-state index is 10.1. The number of nitrogens with zero attached hydrogens (tertiary/aromatic N) is 1. The van der Waals surface area contributed by atoms with E-state index in [4.69, 9.17) is 0 Å². The van der Waals surface area contributed by atoms with E-state index in [-0.39, 0.29) is 5.92 Å². The molecule has 2 N–H and O–H groups in total. The Kier molecular flexibility index (Phi) is 7.36. The zero-order chi connectivity index (χ0) is 14.3. The van der Waals surface area contributed by atoms with Crippen LogP contribution in [0, 0.1) is 5.92 Å². The molecular formula is C16H29NO2. The van der Waals surface area contributed by atoms with Gasteiger partial charge in [0.25, 0.3) is 0 Å². The number of aliphatic hydroxyl groups is 2. The van der Waals surface area contributed by atoms with Crippen molar-refractivity contribution in [3.8, 4) is 0 Å². The highest BCUT2D eigenvalue weighted by Crippen LogP contribution is 2.14. The second kappa shape index (κ2) is 8.51. The minimum atomic E-state index is -0.764. The van der Waals surface area contributed by atoms with Crippen molar-refractivity contribution < 1.29 is 10.2 Å². The summed E-state index contributed by atoms with van der Waals surface area (Å²) in [6.07, 6.45) is 8.89. The molecule has 0 saturated heterocycles. The van der Waals surface area contributed by atoms with E-state index in [9.17, 15) is 10.2 Å². The number of allylic oxidation sites excluding steroid dienone is 1. The summed E-state index contributed by atoms with van der Waals surface area (Å²) in [7, 11) is 2.14. The summed E-state index contributed by atoms with van der Waals surface area (Å²) in [5.41, 5.74) is 1.25. The zero-order valence-electron chi connectivity index (χ0n) is 12.5. The lowest BCUT2D eigenvalue weighted by Crippen LogP contribution is -2.30. The van der Waals surface area contributed by atoms with Gasteiger partial charge < -0.3 is 15.1 Å². The summed E-state index contributed by atoms with van der Waals surface area (Å²) in [5, 5.41) is 20.0. The topological polar surface area (TPSA) is 43.7 Å². The van der Waals surface area contributed by atoms with Crippen LogP contribution in [0.1, 0.15) is 39.5 Å². The molecule has 0 aromatic heterocycles. The van der Waals surface area contributed by atoms with Crippen LogP contribution in [0.15, 0.2) is 23.8 Å². The number of hydrogen-bond donors (Lipinski definition) is 2. The molecule has 0 fully saturated rings. The highest BCUT2D eigenvalue weighted by Gasteiger charge is 2.19. The first-order valence-electron chi connectivity index (χ1n) is 7.39. The Morgan fingerprint density at radius 3 is 2.68 bits per heavy atom. The highest BCUT2D eigenvalue weighted by molar-refractivity contribution is 5.06. The van der Waals surface area contributed by atoms with E-state index in [0.717, 1.165) is 25.9 Å². The van der Waals surface area contributed by atoms with Gasteiger partial charge in [0.05, 0.1) is 12.2 Å². The van der Waals surface area contributed by atoms with Gasteiger partial charge in [-0.2, -0.15) is 0 Å². The Morgan fingerprint density at radius 1 is 1.21 bits per heavy atom. The minimum Gasteiger partial charge on any atom is -0.389 e. The predicted molar refractivity (Wildman–Crippen MR) is 80.0 cm³/mol. The van der Waals surface area contributed by atoms with Crippen molar-refractivity contribution in [2.75, 3.05) is 20.1 Å². The standard InChI is InChI=1S/C16H29NO2/c1-13-11-14(2)16(19)15(18)9-7-5-4-6-8-10-17(3)12-13/h7,9,11,14-16,18-19H,4-6,8,10,12H2,1-3H3. The van der Waals surface area contributed by atoms with Crippen LogP contribution in [0.4, 0.5) is 0 Å². The summed E-state index contributed by atoms with van der Waals surface area (Å²) in [6, 6.07) is 0. The number of aliphatic hydroxyl groups excluding tert-OH is 2. The first-order chi connectivity index (χ1) is 9.00. The van der Waals surface area contributed by atoms with Crippen LogP contribution in [-0.4, -0.2) is 47.5 Å². The third-order valence-electron chi connectivity index (χ3n) is 3.70. The summed E-state index contributed by atoms with van der Waals surface area (Å²) < 4.78 is 0. The molecular weight excluding hydrogens is 238 g/mol. The summed E-state index contributed by atoms with van der Waals surface area (Å²) >= 11 is 0. The van der Waals surface area contributed by atoms with E-state index in [2.05, 4.69) is 24.9 Å². The van der Waals surface area contributed by atoms with Gasteiger partial charge in [-0.05, 0) is 39.8 Å². The lowest BCUT2D eigenvalue weighted by molar-refractivity contribution is 0.0254. The molecule has 3 nitrogen and oxygen atoms in total. The van der Waals surface area contributed by atoms with Gasteiger partial charge in [0.1, 0.15) is 0 Å². The van der Waals surface area contributed by atoms with Crippen LogP contribution in [0.25, 0.3) is 0 Å². The second-order valence-electron chi connectivity index (χ2n) is 5.87. The van der Waals surface area contributed by atoms with Gasteiger partial charge in [0, 0.05) is 12.5 Å². The molecule has 0 aromatic carbocycles. The fourth-order valence-electron chi connectivity index (χ4n) is 2.59. The molecule has 0 saturated carbocycles. The molecule has 0 radical (unpaired) electrons. The van der Waals surface area contributed by atoms with Crippen molar-refractivity contribution in [1.29, 1.82) is 0 Å². The lowest BCUT2D eigenvalue weighted by atomic mass is 9.96. The SMILES string of the molecule is CC1=CC(C)C(O)C(O)C=CCCCCCN(C)C1. The monoisotopic (exact) mass is 267 g/mol. The molecule has 3 heteroatoms. The van der Waals surface area contributed by atoms with Gasteiger partial charge in [-0.15, -0.1) is 0 Å². The Hall–Kier alpha value is -0.640. The molecule has 110 valence electrons. The lowest BCUT2D eigenvalue weighted by Gasteiger charge is -2.22. The third kappa shape index (κ3) is 6.37. The number of hydrogen-bond acceptors (Lipinski definition) is 3. The third-order valence-corrected chi connectivity index (χ3v) is 3.70. The van der Waals surface area contributed by atoms with Crippen LogP contribution in [-0.2, 0) is 0 Å². The van der Waals surface area contributed by atoms with Crippen LogP contribution < -0.4 is 0 Å². The molecule has 0 spiro atoms. The van der Waals surface area contributed by atoms with E-state index in [1.807, 2.05) is 13.0 Å². The Balaban J connectivity index is 2.72. The molecule has 0 bridgehead atoms. The average Bonchev–Trinajstić information content (AvgIpc) is 2.35. The van der Waals surface area contributed by atoms with Crippen molar-refractivity contribution in [1.82, 2.24) is 4.90 Å². The molecule has 3 atom stereocenters. The van der Waals surface area contributed by atoms with E-state index in [1.165, 1.54) is 18.4 Å². The zero-order valence-corrected chi connectivity index (χ0v) is 12.5. The Morgan fingerprint density at radius 2 is 1.95 bits per heavy atom. The second-order valence-corrected chi connectivity index (χ2v) is 5.87. The summed E-state index contributed by atoms with van der Waals surface area (Å²) in [4.78, 5) is 2.32. The van der Waals surface area contributed by atoms with Gasteiger partial charge in [-0.25, -0.2) is 0 Å².